The molecule has 0 unspecified atom stereocenters. The van der Waals surface area contributed by atoms with Crippen molar-refractivity contribution in [3.63, 3.8) is 0 Å². The Morgan fingerprint density at radius 3 is 1.88 bits per heavy atom. The maximum absolute atomic E-state index is 14.1. The molecule has 9 atom stereocenters. The predicted molar refractivity (Wildman–Crippen MR) is 250 cm³/mol. The number of nitrogens with two attached hydrogens (primary N) is 3. The molecule has 69 heavy (non-hydrogen) atoms. The topological polar surface area (TPSA) is 410 Å². The average Bonchev–Trinajstić information content (AvgIpc) is 4.02. The molecule has 1 aliphatic rings. The molecule has 0 aliphatic carbocycles. The van der Waals surface area contributed by atoms with Crippen molar-refractivity contribution in [1.82, 2.24) is 57.4 Å². The number of carbonyl (C=O) groups is 10. The molecular weight excluding hydrogens is 903 g/mol. The van der Waals surface area contributed by atoms with Gasteiger partial charge in [0.15, 0.2) is 5.96 Å². The van der Waals surface area contributed by atoms with Crippen molar-refractivity contribution in [3.05, 3.63) is 18.2 Å². The first-order valence-corrected chi connectivity index (χ1v) is 23.2. The highest BCUT2D eigenvalue weighted by Crippen LogP contribution is 2.21. The molecule has 10 amide bonds. The lowest BCUT2D eigenvalue weighted by atomic mass is 9.96. The second-order valence-corrected chi connectivity index (χ2v) is 17.0. The minimum Gasteiger partial charge on any atom is -0.394 e. The number of aliphatic hydroxyl groups excluding tert-OH is 1. The van der Waals surface area contributed by atoms with Gasteiger partial charge in [-0.3, -0.25) is 52.9 Å². The molecule has 16 N–H and O–H groups in total. The monoisotopic (exact) mass is 976 g/mol. The Morgan fingerprint density at radius 1 is 0.783 bits per heavy atom. The highest BCUT2D eigenvalue weighted by Gasteiger charge is 2.40. The van der Waals surface area contributed by atoms with Gasteiger partial charge in [-0.1, -0.05) is 40.5 Å². The van der Waals surface area contributed by atoms with Crippen LogP contribution in [0.5, 0.6) is 0 Å². The van der Waals surface area contributed by atoms with Gasteiger partial charge in [0.1, 0.15) is 42.3 Å². The fraction of sp³-hybridized carbons (Fsp3) is 0.674. The van der Waals surface area contributed by atoms with E-state index < -0.39 is 127 Å². The fourth-order valence-electron chi connectivity index (χ4n) is 7.29. The van der Waals surface area contributed by atoms with E-state index in [0.29, 0.717) is 37.9 Å². The van der Waals surface area contributed by atoms with Gasteiger partial charge in [0, 0.05) is 51.3 Å². The summed E-state index contributed by atoms with van der Waals surface area (Å²) in [6, 6.07) is -9.07. The van der Waals surface area contributed by atoms with Crippen molar-refractivity contribution in [2.24, 2.45) is 34.0 Å². The molecule has 1 saturated heterocycles. The van der Waals surface area contributed by atoms with Gasteiger partial charge in [0.25, 0.3) is 0 Å². The summed E-state index contributed by atoms with van der Waals surface area (Å²) in [5, 5.41) is 30.8. The lowest BCUT2D eigenvalue weighted by Crippen LogP contribution is -2.62. The predicted octanol–water partition coefficient (Wildman–Crippen LogP) is -4.47. The lowest BCUT2D eigenvalue weighted by Gasteiger charge is -2.31. The summed E-state index contributed by atoms with van der Waals surface area (Å²) in [7, 11) is 0. The Kier molecular flexibility index (Phi) is 25.2. The molecule has 2 heterocycles. The van der Waals surface area contributed by atoms with Crippen molar-refractivity contribution < 1.29 is 53.1 Å². The molecule has 26 nitrogen and oxygen atoms in total. The summed E-state index contributed by atoms with van der Waals surface area (Å²) in [6.45, 7) is 9.11. The minimum atomic E-state index is -1.71. The normalized spacial score (nSPS) is 16.6. The van der Waals surface area contributed by atoms with Crippen LogP contribution in [0.25, 0.3) is 0 Å². The molecule has 0 aromatic carbocycles. The Morgan fingerprint density at radius 2 is 1.36 bits per heavy atom. The van der Waals surface area contributed by atoms with Crippen molar-refractivity contribution in [1.29, 1.82) is 0 Å². The number of likely N-dealkylation sites (N-methyl/N-ethyl adjacent to an activating group) is 1. The number of imidazole rings is 1. The van der Waals surface area contributed by atoms with Gasteiger partial charge in [-0.05, 0) is 50.9 Å². The van der Waals surface area contributed by atoms with Crippen LogP contribution in [-0.4, -0.2) is 160 Å². The summed E-state index contributed by atoms with van der Waals surface area (Å²) in [5.74, 6) is -8.62. The van der Waals surface area contributed by atoms with E-state index in [1.54, 1.807) is 34.6 Å². The maximum atomic E-state index is 14.1. The number of likely N-dealkylation sites (tertiary alicyclic amines) is 1. The van der Waals surface area contributed by atoms with Gasteiger partial charge in [-0.2, -0.15) is 0 Å². The van der Waals surface area contributed by atoms with E-state index >= 15 is 0 Å². The van der Waals surface area contributed by atoms with Gasteiger partial charge in [-0.25, -0.2) is 4.98 Å². The summed E-state index contributed by atoms with van der Waals surface area (Å²) in [5.41, 5.74) is 16.8. The first-order chi connectivity index (χ1) is 32.7. The van der Waals surface area contributed by atoms with Crippen LogP contribution >= 0.6 is 0 Å². The number of nitrogens with one attached hydrogen (secondary N) is 9. The van der Waals surface area contributed by atoms with Gasteiger partial charge >= 0.3 is 0 Å². The van der Waals surface area contributed by atoms with Crippen LogP contribution in [0.3, 0.4) is 0 Å². The summed E-state index contributed by atoms with van der Waals surface area (Å²) < 4.78 is 0. The van der Waals surface area contributed by atoms with E-state index in [0.717, 1.165) is 0 Å². The van der Waals surface area contributed by atoms with Crippen LogP contribution in [0.1, 0.15) is 98.6 Å². The van der Waals surface area contributed by atoms with Crippen LogP contribution in [-0.2, 0) is 54.4 Å². The standard InChI is InChI=1S/C43H73N15O11/c1-7-23(4)34(40(67)54-28(12-10-16-49-43(45)46)42(69)58-17-11-13-31(58)39(66)48-9-3)56-36(63)27(14-15-32(44)61)53-38(65)30(21-59)55-41(68)35(24(5)8-2)57-37(64)29(18-26-19-47-22-51-26)52-33(62)20-50-25(6)60/h19,22-24,27-31,34-35,59H,7-18,20-21H2,1-6H3,(H2,44,61)(H,47,51)(H,48,66)(H,50,60)(H,52,62)(H,53,65)(H,54,67)(H,55,68)(H,56,63)(H,57,64)(H4,45,46,49)/t23-,24+,27-,28-,29-,30-,31-,34-,35+/m0/s1. The molecular formula is C43H73N15O11. The second kappa shape index (κ2) is 29.8. The number of carbonyl (C=O) groups excluding carboxylic acids is 10. The largest absolute Gasteiger partial charge is 0.394 e. The molecule has 1 aliphatic heterocycles. The average molecular weight is 976 g/mol. The van der Waals surface area contributed by atoms with Gasteiger partial charge in [0.05, 0.1) is 19.5 Å². The third kappa shape index (κ3) is 19.7. The van der Waals surface area contributed by atoms with E-state index in [9.17, 15) is 53.1 Å². The number of aromatic amines is 1. The van der Waals surface area contributed by atoms with Gasteiger partial charge in [0.2, 0.25) is 59.1 Å². The lowest BCUT2D eigenvalue weighted by molar-refractivity contribution is -0.142. The van der Waals surface area contributed by atoms with Crippen LogP contribution < -0.4 is 59.7 Å². The summed E-state index contributed by atoms with van der Waals surface area (Å²) in [4.78, 5) is 145. The van der Waals surface area contributed by atoms with E-state index in [-0.39, 0.29) is 50.6 Å². The number of amides is 10. The van der Waals surface area contributed by atoms with Gasteiger partial charge in [-0.15, -0.1) is 0 Å². The number of aromatic nitrogens is 2. The van der Waals surface area contributed by atoms with Crippen molar-refractivity contribution in [3.8, 4) is 0 Å². The number of nitrogens with zero attached hydrogens (tertiary/aromatic N) is 3. The number of guanidine groups is 1. The Labute approximate surface area is 401 Å². The molecule has 0 bridgehead atoms. The molecule has 0 spiro atoms. The molecule has 0 saturated carbocycles. The van der Waals surface area contributed by atoms with E-state index in [1.165, 1.54) is 24.3 Å². The Bertz CT molecular complexity index is 1950. The maximum Gasteiger partial charge on any atom is 0.245 e. The number of rotatable bonds is 30. The summed E-state index contributed by atoms with van der Waals surface area (Å²) in [6.07, 6.45) is 3.93. The molecule has 26 heteroatoms. The van der Waals surface area contributed by atoms with Crippen LogP contribution in [0.15, 0.2) is 17.5 Å². The number of primary amides is 1. The molecule has 1 aromatic rings. The Hall–Kier alpha value is -6.86. The summed E-state index contributed by atoms with van der Waals surface area (Å²) >= 11 is 0. The minimum absolute atomic E-state index is 0.0660. The van der Waals surface area contributed by atoms with Gasteiger partial charge < -0.3 is 74.7 Å². The van der Waals surface area contributed by atoms with E-state index in [1.807, 2.05) is 0 Å². The van der Waals surface area contributed by atoms with E-state index in [2.05, 4.69) is 57.5 Å². The third-order valence-corrected chi connectivity index (χ3v) is 11.6. The van der Waals surface area contributed by atoms with Crippen molar-refractivity contribution in [2.45, 2.75) is 142 Å². The third-order valence-electron chi connectivity index (χ3n) is 11.6. The molecule has 2 rings (SSSR count). The Balaban J connectivity index is 2.35. The smallest absolute Gasteiger partial charge is 0.245 e. The number of H-pyrrole nitrogens is 1. The van der Waals surface area contributed by atoms with Crippen LogP contribution in [0.2, 0.25) is 0 Å². The molecule has 1 fully saturated rings. The van der Waals surface area contributed by atoms with Crippen LogP contribution in [0.4, 0.5) is 0 Å². The quantitative estimate of drug-likeness (QED) is 0.0197. The number of aliphatic imine (C=N–C) groups is 1. The highest BCUT2D eigenvalue weighted by atomic mass is 16.3. The number of hydrogen-bond donors (Lipinski definition) is 13. The first kappa shape index (κ1) is 58.3. The fourth-order valence-corrected chi connectivity index (χ4v) is 7.29. The second-order valence-electron chi connectivity index (χ2n) is 17.0. The first-order valence-electron chi connectivity index (χ1n) is 23.2. The highest BCUT2D eigenvalue weighted by molar-refractivity contribution is 5.98. The van der Waals surface area contributed by atoms with E-state index in [4.69, 9.17) is 17.2 Å². The molecule has 1 aromatic heterocycles. The zero-order chi connectivity index (χ0) is 51.8. The SMILES string of the molecule is CCNC(=O)[C@@H]1CCCN1C(=O)[C@H](CCCN=C(N)N)NC(=O)[C@@H](NC(=O)[C@H](CCC(N)=O)NC(=O)[C@H](CO)NC(=O)[C@H](NC(=O)[C@H](Cc1cnc[nH]1)NC(=O)CNC(C)=O)[C@H](C)CC)[C@@H](C)CC. The zero-order valence-electron chi connectivity index (χ0n) is 40.4. The number of aliphatic hydroxyl groups is 1. The molecule has 0 radical (unpaired) electrons. The zero-order valence-corrected chi connectivity index (χ0v) is 40.4. The van der Waals surface area contributed by atoms with Crippen molar-refractivity contribution >= 4 is 65.0 Å². The van der Waals surface area contributed by atoms with Crippen molar-refractivity contribution in [2.75, 3.05) is 32.8 Å². The molecule has 386 valence electrons. The van der Waals surface area contributed by atoms with Crippen LogP contribution in [0, 0.1) is 11.8 Å². The number of hydrogen-bond acceptors (Lipinski definition) is 13.